The zero-order chi connectivity index (χ0) is 27.2. The summed E-state index contributed by atoms with van der Waals surface area (Å²) in [6.45, 7) is -0.886. The van der Waals surface area contributed by atoms with Crippen LogP contribution in [0, 0.1) is 11.6 Å². The van der Waals surface area contributed by atoms with Gasteiger partial charge in [0.2, 0.25) is 12.7 Å². The van der Waals surface area contributed by atoms with Crippen molar-refractivity contribution in [1.29, 1.82) is 0 Å². The second kappa shape index (κ2) is 9.19. The van der Waals surface area contributed by atoms with E-state index in [2.05, 4.69) is 15.1 Å². The predicted octanol–water partition coefficient (Wildman–Crippen LogP) is 6.94. The van der Waals surface area contributed by atoms with Crippen molar-refractivity contribution in [2.45, 2.75) is 18.9 Å². The first-order chi connectivity index (χ1) is 17.9. The van der Waals surface area contributed by atoms with Crippen LogP contribution in [0.5, 0.6) is 0 Å². The third-order valence-electron chi connectivity index (χ3n) is 5.88. The van der Waals surface area contributed by atoms with Gasteiger partial charge < -0.3 is 4.98 Å². The highest BCUT2D eigenvalue weighted by Crippen LogP contribution is 2.44. The normalized spacial score (nSPS) is 12.3. The fraction of sp³-hybridized carbons (Fsp3) is 0.115. The van der Waals surface area contributed by atoms with E-state index >= 15 is 0 Å². The van der Waals surface area contributed by atoms with Crippen LogP contribution < -0.4 is 4.68 Å². The highest BCUT2D eigenvalue weighted by atomic mass is 19.4. The zero-order valence-corrected chi connectivity index (χ0v) is 19.0. The highest BCUT2D eigenvalue weighted by Gasteiger charge is 2.44. The molecule has 0 aliphatic heterocycles. The number of rotatable bonds is 4. The van der Waals surface area contributed by atoms with Crippen LogP contribution in [0.15, 0.2) is 73.1 Å². The van der Waals surface area contributed by atoms with Gasteiger partial charge in [-0.3, -0.25) is 0 Å². The number of hydrogen-bond donors (Lipinski definition) is 1. The van der Waals surface area contributed by atoms with Crippen molar-refractivity contribution in [3.05, 3.63) is 101 Å². The van der Waals surface area contributed by atoms with Crippen molar-refractivity contribution < 1.29 is 39.8 Å². The van der Waals surface area contributed by atoms with E-state index in [9.17, 15) is 35.1 Å². The van der Waals surface area contributed by atoms with Crippen molar-refractivity contribution in [2.24, 2.45) is 0 Å². The predicted molar refractivity (Wildman–Crippen MR) is 120 cm³/mol. The number of benzene rings is 3. The second-order valence-corrected chi connectivity index (χ2v) is 8.33. The second-order valence-electron chi connectivity index (χ2n) is 8.33. The topological polar surface area (TPSA) is 45.5 Å². The van der Waals surface area contributed by atoms with Gasteiger partial charge in [0.25, 0.3) is 0 Å². The van der Waals surface area contributed by atoms with E-state index in [0.29, 0.717) is 6.07 Å². The molecule has 5 aromatic rings. The van der Waals surface area contributed by atoms with Crippen molar-refractivity contribution in [3.8, 4) is 22.5 Å². The summed E-state index contributed by atoms with van der Waals surface area (Å²) in [6.07, 6.45) is -7.94. The lowest BCUT2D eigenvalue weighted by molar-refractivity contribution is -0.745. The number of halogens is 8. The molecule has 0 amide bonds. The summed E-state index contributed by atoms with van der Waals surface area (Å²) in [6, 6.07) is 12.1. The van der Waals surface area contributed by atoms with Gasteiger partial charge in [0.05, 0.1) is 16.7 Å². The number of nitrogens with one attached hydrogen (secondary N) is 1. The highest BCUT2D eigenvalue weighted by molar-refractivity contribution is 5.77. The number of nitrogens with zero attached hydrogens (tertiary/aromatic N) is 3. The van der Waals surface area contributed by atoms with E-state index in [4.69, 9.17) is 0 Å². The SMILES string of the molecule is Fc1cccc(-c2nc3cn[n+](Cc4c(C(F)(F)F)ccc(-c5ccccc5)c4C(F)(F)F)cc3[nH]2)c1F. The summed E-state index contributed by atoms with van der Waals surface area (Å²) in [4.78, 5) is 6.81. The van der Waals surface area contributed by atoms with E-state index in [1.807, 2.05) is 0 Å². The van der Waals surface area contributed by atoms with Gasteiger partial charge in [0.15, 0.2) is 11.6 Å². The maximum atomic E-state index is 14.3. The standard InChI is InChI=1S/C26H14F8N4/c27-19-8-4-7-16(23(19)28)24-36-20-11-35-38(13-21(20)37-24)12-17-18(25(29,30)31)10-9-15(22(17)26(32,33)34)14-5-2-1-3-6-14/h1-11,13H,12H2/p+1. The van der Waals surface area contributed by atoms with E-state index in [1.165, 1.54) is 36.4 Å². The number of aromatic nitrogens is 4. The minimum absolute atomic E-state index is 0.0883. The Morgan fingerprint density at radius 2 is 1.53 bits per heavy atom. The van der Waals surface area contributed by atoms with Gasteiger partial charge in [0.1, 0.15) is 23.1 Å². The molecule has 0 radical (unpaired) electrons. The number of H-pyrrole nitrogens is 1. The average Bonchev–Trinajstić information content (AvgIpc) is 3.28. The van der Waals surface area contributed by atoms with Crippen LogP contribution in [0.4, 0.5) is 35.1 Å². The molecule has 12 heteroatoms. The van der Waals surface area contributed by atoms with Crippen LogP contribution in [0.2, 0.25) is 0 Å². The maximum absolute atomic E-state index is 14.3. The molecule has 3 aromatic carbocycles. The largest absolute Gasteiger partial charge is 0.417 e. The van der Waals surface area contributed by atoms with Gasteiger partial charge >= 0.3 is 12.4 Å². The zero-order valence-electron chi connectivity index (χ0n) is 19.0. The molecule has 0 aliphatic carbocycles. The Bertz CT molecular complexity index is 1640. The van der Waals surface area contributed by atoms with Crippen molar-refractivity contribution in [3.63, 3.8) is 0 Å². The third-order valence-corrected chi connectivity index (χ3v) is 5.88. The Balaban J connectivity index is 1.66. The van der Waals surface area contributed by atoms with Crippen molar-refractivity contribution >= 4 is 11.0 Å². The van der Waals surface area contributed by atoms with Gasteiger partial charge in [-0.15, -0.1) is 0 Å². The molecule has 2 heterocycles. The van der Waals surface area contributed by atoms with E-state index < -0.39 is 52.8 Å². The lowest BCUT2D eigenvalue weighted by atomic mass is 9.91. The summed E-state index contributed by atoms with van der Waals surface area (Å²) < 4.78 is 113. The van der Waals surface area contributed by atoms with Crippen LogP contribution in [-0.2, 0) is 18.9 Å². The molecule has 0 fully saturated rings. The Morgan fingerprint density at radius 1 is 0.789 bits per heavy atom. The summed E-state index contributed by atoms with van der Waals surface area (Å²) in [7, 11) is 0. The van der Waals surface area contributed by atoms with E-state index in [0.717, 1.165) is 29.2 Å². The quantitative estimate of drug-likeness (QED) is 0.200. The van der Waals surface area contributed by atoms with Gasteiger partial charge in [-0.05, 0) is 34.4 Å². The Hall–Kier alpha value is -4.35. The van der Waals surface area contributed by atoms with Crippen LogP contribution in [-0.4, -0.2) is 15.1 Å². The molecule has 194 valence electrons. The molecule has 0 atom stereocenters. The molecule has 0 unspecified atom stereocenters. The molecule has 0 bridgehead atoms. The molecule has 2 aromatic heterocycles. The van der Waals surface area contributed by atoms with Gasteiger partial charge in [-0.2, -0.15) is 26.3 Å². The first-order valence-electron chi connectivity index (χ1n) is 11.0. The van der Waals surface area contributed by atoms with Crippen molar-refractivity contribution in [2.75, 3.05) is 0 Å². The summed E-state index contributed by atoms with van der Waals surface area (Å²) >= 11 is 0. The number of alkyl halides is 6. The molecular weight excluding hydrogens is 520 g/mol. The molecule has 1 N–H and O–H groups in total. The fourth-order valence-electron chi connectivity index (χ4n) is 4.23. The third kappa shape index (κ3) is 4.69. The van der Waals surface area contributed by atoms with Crippen LogP contribution in [0.1, 0.15) is 16.7 Å². The van der Waals surface area contributed by atoms with E-state index in [1.54, 1.807) is 6.07 Å². The molecule has 0 aliphatic rings. The van der Waals surface area contributed by atoms with Gasteiger partial charge in [0, 0.05) is 5.56 Å². The molecular formula is C26H15F8N4+. The fourth-order valence-corrected chi connectivity index (χ4v) is 4.23. The first kappa shape index (κ1) is 25.3. The maximum Gasteiger partial charge on any atom is 0.417 e. The smallest absolute Gasteiger partial charge is 0.333 e. The van der Waals surface area contributed by atoms with Crippen LogP contribution in [0.3, 0.4) is 0 Å². The number of aromatic amines is 1. The number of fused-ring (bicyclic) bond motifs is 1. The van der Waals surface area contributed by atoms with Gasteiger partial charge in [-0.1, -0.05) is 47.1 Å². The number of hydrogen-bond acceptors (Lipinski definition) is 2. The Kier molecular flexibility index (Phi) is 6.12. The molecule has 0 spiro atoms. The monoisotopic (exact) mass is 535 g/mol. The summed E-state index contributed by atoms with van der Waals surface area (Å²) in [5.74, 6) is -2.38. The molecule has 5 rings (SSSR count). The minimum Gasteiger partial charge on any atom is -0.333 e. The van der Waals surface area contributed by atoms with Crippen LogP contribution >= 0.6 is 0 Å². The lowest BCUT2D eigenvalue weighted by Gasteiger charge is -2.20. The summed E-state index contributed by atoms with van der Waals surface area (Å²) in [5, 5.41) is 3.93. The lowest BCUT2D eigenvalue weighted by Crippen LogP contribution is -2.40. The minimum atomic E-state index is -5.12. The summed E-state index contributed by atoms with van der Waals surface area (Å²) in [5.41, 5.74) is -4.14. The Labute approximate surface area is 209 Å². The Morgan fingerprint density at radius 3 is 2.21 bits per heavy atom. The van der Waals surface area contributed by atoms with E-state index in [-0.39, 0.29) is 28.0 Å². The average molecular weight is 535 g/mol. The van der Waals surface area contributed by atoms with Crippen molar-refractivity contribution in [1.82, 2.24) is 15.1 Å². The molecule has 0 saturated heterocycles. The molecule has 4 nitrogen and oxygen atoms in total. The molecule has 0 saturated carbocycles. The van der Waals surface area contributed by atoms with Crippen LogP contribution in [0.25, 0.3) is 33.5 Å². The molecule has 38 heavy (non-hydrogen) atoms. The number of imidazole rings is 1. The first-order valence-corrected chi connectivity index (χ1v) is 11.0. The van der Waals surface area contributed by atoms with Gasteiger partial charge in [-0.25, -0.2) is 13.8 Å².